The number of thiazole rings is 1. The molecule has 6 nitrogen and oxygen atoms in total. The van der Waals surface area contributed by atoms with E-state index in [0.29, 0.717) is 12.6 Å². The third kappa shape index (κ3) is 5.93. The summed E-state index contributed by atoms with van der Waals surface area (Å²) in [6, 6.07) is 11.0. The summed E-state index contributed by atoms with van der Waals surface area (Å²) < 4.78 is 0. The molecule has 2 aromatic rings. The third-order valence-electron chi connectivity index (χ3n) is 5.56. The highest BCUT2D eigenvalue weighted by molar-refractivity contribution is 7.13. The zero-order valence-electron chi connectivity index (χ0n) is 18.0. The summed E-state index contributed by atoms with van der Waals surface area (Å²) in [5.41, 5.74) is 2.47. The lowest BCUT2D eigenvalue weighted by molar-refractivity contribution is 0.297. The Morgan fingerprint density at radius 2 is 1.93 bits per heavy atom. The van der Waals surface area contributed by atoms with Crippen molar-refractivity contribution in [3.8, 4) is 0 Å². The van der Waals surface area contributed by atoms with E-state index in [1.165, 1.54) is 31.2 Å². The van der Waals surface area contributed by atoms with Crippen LogP contribution in [0.3, 0.4) is 0 Å². The maximum absolute atomic E-state index is 4.63. The second-order valence-electron chi connectivity index (χ2n) is 8.06. The average Bonchev–Trinajstić information content (AvgIpc) is 3.39. The van der Waals surface area contributed by atoms with Crippen molar-refractivity contribution >= 4 is 22.4 Å². The Bertz CT molecular complexity index is 780. The summed E-state index contributed by atoms with van der Waals surface area (Å²) in [6.07, 6.45) is 4.92. The molecule has 3 N–H and O–H groups in total. The fraction of sp³-hybridized carbons (Fsp3) is 0.545. The largest absolute Gasteiger partial charge is 0.355 e. The lowest BCUT2D eigenvalue weighted by Crippen LogP contribution is -2.54. The summed E-state index contributed by atoms with van der Waals surface area (Å²) in [5.74, 6) is 0.824. The van der Waals surface area contributed by atoms with E-state index >= 15 is 0 Å². The lowest BCUT2D eigenvalue weighted by atomic mass is 9.94. The molecule has 1 atom stereocenters. The number of anilines is 1. The molecule has 1 fully saturated rings. The van der Waals surface area contributed by atoms with Crippen LogP contribution in [0.5, 0.6) is 0 Å². The van der Waals surface area contributed by atoms with Gasteiger partial charge >= 0.3 is 0 Å². The Hall–Kier alpha value is -2.12. The van der Waals surface area contributed by atoms with E-state index in [2.05, 4.69) is 68.6 Å². The van der Waals surface area contributed by atoms with Gasteiger partial charge in [-0.05, 0) is 25.3 Å². The number of nitrogens with zero attached hydrogens (tertiary/aromatic N) is 3. The van der Waals surface area contributed by atoms with Gasteiger partial charge in [0.2, 0.25) is 0 Å². The molecular formula is C22H34N6S. The van der Waals surface area contributed by atoms with Gasteiger partial charge in [0.1, 0.15) is 0 Å². The molecule has 0 saturated heterocycles. The smallest absolute Gasteiger partial charge is 0.191 e. The zero-order chi connectivity index (χ0) is 20.7. The van der Waals surface area contributed by atoms with Gasteiger partial charge in [0.05, 0.1) is 12.2 Å². The molecule has 158 valence electrons. The van der Waals surface area contributed by atoms with Crippen LogP contribution in [0.2, 0.25) is 0 Å². The summed E-state index contributed by atoms with van der Waals surface area (Å²) in [6.45, 7) is 3.79. The predicted molar refractivity (Wildman–Crippen MR) is 124 cm³/mol. The first kappa shape index (κ1) is 21.6. The summed E-state index contributed by atoms with van der Waals surface area (Å²) in [5, 5.41) is 14.0. The zero-order valence-corrected chi connectivity index (χ0v) is 18.9. The maximum Gasteiger partial charge on any atom is 0.191 e. The van der Waals surface area contributed by atoms with Crippen LogP contribution in [-0.2, 0) is 6.54 Å². The van der Waals surface area contributed by atoms with Crippen LogP contribution in [-0.4, -0.2) is 44.2 Å². The van der Waals surface area contributed by atoms with Crippen LogP contribution >= 0.6 is 11.3 Å². The molecular weight excluding hydrogens is 380 g/mol. The van der Waals surface area contributed by atoms with Crippen molar-refractivity contribution in [2.24, 2.45) is 4.99 Å². The molecule has 0 radical (unpaired) electrons. The predicted octanol–water partition coefficient (Wildman–Crippen LogP) is 3.54. The molecule has 1 aromatic heterocycles. The van der Waals surface area contributed by atoms with Crippen molar-refractivity contribution in [3.63, 3.8) is 0 Å². The van der Waals surface area contributed by atoms with Gasteiger partial charge in [0.15, 0.2) is 11.1 Å². The number of benzene rings is 1. The van der Waals surface area contributed by atoms with E-state index < -0.39 is 0 Å². The highest BCUT2D eigenvalue weighted by Gasteiger charge is 2.35. The molecule has 1 aromatic carbocycles. The van der Waals surface area contributed by atoms with Crippen molar-refractivity contribution in [2.45, 2.75) is 50.7 Å². The minimum atomic E-state index is 0.103. The molecule has 0 amide bonds. The number of rotatable bonds is 8. The number of hydrogen-bond donors (Lipinski definition) is 3. The highest BCUT2D eigenvalue weighted by Crippen LogP contribution is 2.31. The van der Waals surface area contributed by atoms with Gasteiger partial charge in [-0.3, -0.25) is 4.99 Å². The van der Waals surface area contributed by atoms with E-state index in [1.54, 1.807) is 11.3 Å². The third-order valence-corrected chi connectivity index (χ3v) is 6.62. The molecule has 1 aliphatic rings. The minimum absolute atomic E-state index is 0.103. The molecule has 7 heteroatoms. The van der Waals surface area contributed by atoms with Gasteiger partial charge in [0, 0.05) is 44.6 Å². The second kappa shape index (κ2) is 10.1. The van der Waals surface area contributed by atoms with Gasteiger partial charge in [-0.25, -0.2) is 4.98 Å². The van der Waals surface area contributed by atoms with Gasteiger partial charge in [-0.15, -0.1) is 11.3 Å². The number of nitrogens with one attached hydrogen (secondary N) is 3. The van der Waals surface area contributed by atoms with Gasteiger partial charge < -0.3 is 20.9 Å². The fourth-order valence-electron chi connectivity index (χ4n) is 3.94. The van der Waals surface area contributed by atoms with E-state index in [9.17, 15) is 0 Å². The van der Waals surface area contributed by atoms with E-state index in [4.69, 9.17) is 0 Å². The number of hydrogen-bond acceptors (Lipinski definition) is 5. The van der Waals surface area contributed by atoms with Crippen molar-refractivity contribution in [3.05, 3.63) is 47.0 Å². The molecule has 1 aliphatic carbocycles. The first-order valence-electron chi connectivity index (χ1n) is 10.4. The molecule has 0 bridgehead atoms. The highest BCUT2D eigenvalue weighted by atomic mass is 32.1. The minimum Gasteiger partial charge on any atom is -0.355 e. The summed E-state index contributed by atoms with van der Waals surface area (Å²) in [4.78, 5) is 11.1. The normalized spacial score (nSPS) is 17.2. The van der Waals surface area contributed by atoms with Crippen LogP contribution in [0.4, 0.5) is 5.13 Å². The first-order valence-corrected chi connectivity index (χ1v) is 11.3. The number of guanidine groups is 1. The van der Waals surface area contributed by atoms with Crippen LogP contribution in [0.25, 0.3) is 0 Å². The van der Waals surface area contributed by atoms with Crippen LogP contribution in [0.1, 0.15) is 49.9 Å². The monoisotopic (exact) mass is 414 g/mol. The Kier molecular flexibility index (Phi) is 7.50. The number of aromatic nitrogens is 1. The van der Waals surface area contributed by atoms with E-state index in [0.717, 1.165) is 23.3 Å². The topological polar surface area (TPSA) is 64.6 Å². The van der Waals surface area contributed by atoms with Crippen molar-refractivity contribution in [1.29, 1.82) is 0 Å². The first-order chi connectivity index (χ1) is 14.0. The maximum atomic E-state index is 4.63. The SMILES string of the molecule is CN=C(NCc1csc(N(C)C)n1)NCC1(NC(C)c2ccccc2)CCCC1. The fourth-order valence-corrected chi connectivity index (χ4v) is 4.70. The van der Waals surface area contributed by atoms with Crippen molar-refractivity contribution in [2.75, 3.05) is 32.6 Å². The average molecular weight is 415 g/mol. The Morgan fingerprint density at radius 3 is 2.55 bits per heavy atom. The molecule has 1 saturated carbocycles. The molecule has 0 aliphatic heterocycles. The van der Waals surface area contributed by atoms with Gasteiger partial charge in [-0.2, -0.15) is 0 Å². The lowest BCUT2D eigenvalue weighted by Gasteiger charge is -2.35. The van der Waals surface area contributed by atoms with Gasteiger partial charge in [0.25, 0.3) is 0 Å². The summed E-state index contributed by atoms with van der Waals surface area (Å²) >= 11 is 1.66. The molecule has 3 rings (SSSR count). The molecule has 1 heterocycles. The van der Waals surface area contributed by atoms with Gasteiger partial charge in [-0.1, -0.05) is 43.2 Å². The number of aliphatic imine (C=N–C) groups is 1. The van der Waals surface area contributed by atoms with Crippen LogP contribution < -0.4 is 20.9 Å². The quantitative estimate of drug-likeness (QED) is 0.455. The Labute approximate surface area is 178 Å². The Balaban J connectivity index is 1.55. The molecule has 1 unspecified atom stereocenters. The molecule has 0 spiro atoms. The van der Waals surface area contributed by atoms with E-state index in [-0.39, 0.29) is 5.54 Å². The Morgan fingerprint density at radius 1 is 1.21 bits per heavy atom. The van der Waals surface area contributed by atoms with E-state index in [1.807, 2.05) is 26.0 Å². The molecule has 29 heavy (non-hydrogen) atoms. The van der Waals surface area contributed by atoms with Crippen molar-refractivity contribution < 1.29 is 0 Å². The standard InChI is InChI=1S/C22H34N6S/c1-17(18-10-6-5-7-11-18)27-22(12-8-9-13-22)16-25-20(23-2)24-14-19-15-29-21(26-19)28(3)4/h5-7,10-11,15,17,27H,8-9,12-14,16H2,1-4H3,(H2,23,24,25). The second-order valence-corrected chi connectivity index (χ2v) is 8.90. The van der Waals surface area contributed by atoms with Crippen molar-refractivity contribution in [1.82, 2.24) is 20.9 Å². The summed E-state index contributed by atoms with van der Waals surface area (Å²) in [7, 11) is 5.85. The van der Waals surface area contributed by atoms with Crippen LogP contribution in [0, 0.1) is 0 Å². The van der Waals surface area contributed by atoms with Crippen LogP contribution in [0.15, 0.2) is 40.7 Å².